The van der Waals surface area contributed by atoms with E-state index in [9.17, 15) is 4.79 Å². The van der Waals surface area contributed by atoms with Gasteiger partial charge in [0, 0.05) is 47.1 Å². The minimum atomic E-state index is -0.297. The lowest BCUT2D eigenvalue weighted by Crippen LogP contribution is -2.35. The van der Waals surface area contributed by atoms with Crippen LogP contribution in [0.25, 0.3) is 22.0 Å². The molecule has 0 saturated carbocycles. The Hall–Kier alpha value is -3.48. The third-order valence-electron chi connectivity index (χ3n) is 6.00. The lowest BCUT2D eigenvalue weighted by atomic mass is 10.0. The van der Waals surface area contributed by atoms with Gasteiger partial charge < -0.3 is 20.3 Å². The van der Waals surface area contributed by atoms with E-state index in [1.165, 1.54) is 0 Å². The van der Waals surface area contributed by atoms with Crippen molar-refractivity contribution in [2.45, 2.75) is 12.5 Å². The summed E-state index contributed by atoms with van der Waals surface area (Å²) < 4.78 is 5.71. The molecule has 3 aromatic carbocycles. The van der Waals surface area contributed by atoms with Gasteiger partial charge in [0.1, 0.15) is 5.75 Å². The number of nitrogens with one attached hydrogen (secondary N) is 2. The van der Waals surface area contributed by atoms with Gasteiger partial charge in [-0.05, 0) is 29.8 Å². The molecule has 1 aliphatic heterocycles. The van der Waals surface area contributed by atoms with E-state index < -0.39 is 0 Å². The normalized spacial score (nSPS) is 14.7. The highest BCUT2D eigenvalue weighted by Gasteiger charge is 2.23. The molecule has 0 bridgehead atoms. The van der Waals surface area contributed by atoms with Gasteiger partial charge in [-0.15, -0.1) is 0 Å². The van der Waals surface area contributed by atoms with Crippen LogP contribution in [0.4, 0.5) is 16.2 Å². The van der Waals surface area contributed by atoms with Crippen molar-refractivity contribution >= 4 is 51.5 Å². The number of carbonyl (C=O) groups is 1. The third-order valence-corrected chi connectivity index (χ3v) is 6.44. The second kappa shape index (κ2) is 9.64. The molecule has 0 saturated heterocycles. The number of rotatable bonds is 4. The van der Waals surface area contributed by atoms with Crippen molar-refractivity contribution < 1.29 is 9.53 Å². The Bertz CT molecular complexity index is 1400. The van der Waals surface area contributed by atoms with Gasteiger partial charge >= 0.3 is 6.03 Å². The summed E-state index contributed by atoms with van der Waals surface area (Å²) in [6.07, 6.45) is 2.39. The van der Waals surface area contributed by atoms with Gasteiger partial charge in [-0.3, -0.25) is 4.98 Å². The second-order valence-electron chi connectivity index (χ2n) is 8.60. The summed E-state index contributed by atoms with van der Waals surface area (Å²) in [6.45, 7) is 0.554. The minimum absolute atomic E-state index is 0.129. The number of hydrogen-bond donors (Lipinski definition) is 2. The van der Waals surface area contributed by atoms with Gasteiger partial charge in [-0.25, -0.2) is 4.79 Å². The molecule has 1 atom stereocenters. The Kier molecular flexibility index (Phi) is 6.41. The van der Waals surface area contributed by atoms with Crippen LogP contribution in [0.3, 0.4) is 0 Å². The molecule has 8 heteroatoms. The fourth-order valence-electron chi connectivity index (χ4n) is 4.53. The maximum absolute atomic E-state index is 13.0. The number of halogens is 2. The fourth-order valence-corrected chi connectivity index (χ4v) is 5.06. The number of pyridine rings is 1. The highest BCUT2D eigenvalue weighted by Crippen LogP contribution is 2.38. The molecule has 0 aliphatic carbocycles. The summed E-state index contributed by atoms with van der Waals surface area (Å²) in [5.41, 5.74) is 5.02. The molecule has 2 amide bonds. The highest BCUT2D eigenvalue weighted by molar-refractivity contribution is 6.35. The van der Waals surface area contributed by atoms with E-state index in [2.05, 4.69) is 10.6 Å². The van der Waals surface area contributed by atoms with Crippen LogP contribution in [-0.4, -0.2) is 31.7 Å². The van der Waals surface area contributed by atoms with Crippen molar-refractivity contribution in [1.29, 1.82) is 0 Å². The standard InChI is InChI=1S/C27H24Cl2N4O2/c1-33(2)26-21-8-5-7-19(16-12-17(28)14-18(29)13-16)25(21)30-15-23(26)32-27(34)31-22-10-11-35-24-9-4-3-6-20(22)24/h3-9,12-15,22H,10-11H2,1-2H3,(H2,31,32,34)/t22-/m0/s1. The summed E-state index contributed by atoms with van der Waals surface area (Å²) in [7, 11) is 3.88. The molecule has 4 aromatic rings. The van der Waals surface area contributed by atoms with E-state index in [-0.39, 0.29) is 12.1 Å². The van der Waals surface area contributed by atoms with Crippen molar-refractivity contribution in [3.63, 3.8) is 0 Å². The van der Waals surface area contributed by atoms with Crippen molar-refractivity contribution in [1.82, 2.24) is 10.3 Å². The zero-order chi connectivity index (χ0) is 24.5. The summed E-state index contributed by atoms with van der Waals surface area (Å²) in [5, 5.41) is 8.10. The van der Waals surface area contributed by atoms with Gasteiger partial charge in [0.2, 0.25) is 0 Å². The predicted octanol–water partition coefficient (Wildman–Crippen LogP) is 6.92. The minimum Gasteiger partial charge on any atom is -0.493 e. The van der Waals surface area contributed by atoms with E-state index in [4.69, 9.17) is 32.9 Å². The van der Waals surface area contributed by atoms with Crippen LogP contribution in [0.15, 0.2) is 66.9 Å². The second-order valence-corrected chi connectivity index (χ2v) is 9.47. The fraction of sp³-hybridized carbons (Fsp3) is 0.185. The number of fused-ring (bicyclic) bond motifs is 2. The van der Waals surface area contributed by atoms with E-state index >= 15 is 0 Å². The van der Waals surface area contributed by atoms with Crippen LogP contribution in [0.5, 0.6) is 5.75 Å². The molecule has 6 nitrogen and oxygen atoms in total. The van der Waals surface area contributed by atoms with Crippen LogP contribution >= 0.6 is 23.2 Å². The summed E-state index contributed by atoms with van der Waals surface area (Å²) in [6, 6.07) is 18.7. The van der Waals surface area contributed by atoms with Crippen LogP contribution < -0.4 is 20.3 Å². The number of benzene rings is 3. The number of para-hydroxylation sites is 2. The number of carbonyl (C=O) groups excluding carboxylic acids is 1. The van der Waals surface area contributed by atoms with Crippen molar-refractivity contribution in [3.8, 4) is 16.9 Å². The molecule has 0 unspecified atom stereocenters. The smallest absolute Gasteiger partial charge is 0.319 e. The molecule has 2 heterocycles. The number of ether oxygens (including phenoxy) is 1. The van der Waals surface area contributed by atoms with E-state index in [1.54, 1.807) is 12.3 Å². The van der Waals surface area contributed by atoms with Crippen molar-refractivity contribution in [3.05, 3.63) is 82.5 Å². The molecule has 0 spiro atoms. The third kappa shape index (κ3) is 4.72. The number of aromatic nitrogens is 1. The first-order chi connectivity index (χ1) is 16.9. The lowest BCUT2D eigenvalue weighted by Gasteiger charge is -2.27. The largest absolute Gasteiger partial charge is 0.493 e. The molecule has 35 heavy (non-hydrogen) atoms. The molecular formula is C27H24Cl2N4O2. The monoisotopic (exact) mass is 506 g/mol. The van der Waals surface area contributed by atoms with Crippen LogP contribution in [0, 0.1) is 0 Å². The van der Waals surface area contributed by atoms with Crippen molar-refractivity contribution in [2.24, 2.45) is 0 Å². The molecule has 178 valence electrons. The number of nitrogens with zero attached hydrogens (tertiary/aromatic N) is 2. The molecule has 1 aromatic heterocycles. The first-order valence-corrected chi connectivity index (χ1v) is 12.0. The maximum Gasteiger partial charge on any atom is 0.319 e. The van der Waals surface area contributed by atoms with Crippen LogP contribution in [0.1, 0.15) is 18.0 Å². The zero-order valence-electron chi connectivity index (χ0n) is 19.3. The first-order valence-electron chi connectivity index (χ1n) is 11.3. The molecule has 0 fully saturated rings. The molecule has 0 radical (unpaired) electrons. The highest BCUT2D eigenvalue weighted by atomic mass is 35.5. The Morgan fingerprint density at radius 1 is 1.06 bits per heavy atom. The lowest BCUT2D eigenvalue weighted by molar-refractivity contribution is 0.232. The van der Waals surface area contributed by atoms with Gasteiger partial charge in [0.05, 0.1) is 35.7 Å². The quantitative estimate of drug-likeness (QED) is 0.315. The molecular weight excluding hydrogens is 483 g/mol. The molecule has 2 N–H and O–H groups in total. The Balaban J connectivity index is 1.48. The number of amides is 2. The zero-order valence-corrected chi connectivity index (χ0v) is 20.8. The Morgan fingerprint density at radius 2 is 1.83 bits per heavy atom. The van der Waals surface area contributed by atoms with Crippen LogP contribution in [-0.2, 0) is 0 Å². The first kappa shape index (κ1) is 23.3. The summed E-state index contributed by atoms with van der Waals surface area (Å²) in [4.78, 5) is 19.7. The topological polar surface area (TPSA) is 66.5 Å². The Morgan fingerprint density at radius 3 is 2.60 bits per heavy atom. The van der Waals surface area contributed by atoms with Gasteiger partial charge in [-0.1, -0.05) is 59.6 Å². The summed E-state index contributed by atoms with van der Waals surface area (Å²) in [5.74, 6) is 0.805. The van der Waals surface area contributed by atoms with E-state index in [0.717, 1.165) is 39.0 Å². The SMILES string of the molecule is CN(C)c1c(NC(=O)N[C@H]2CCOc3ccccc32)cnc2c(-c3cc(Cl)cc(Cl)c3)cccc12. The average molecular weight is 507 g/mol. The number of urea groups is 1. The van der Waals surface area contributed by atoms with Gasteiger partial charge in [-0.2, -0.15) is 0 Å². The number of hydrogen-bond acceptors (Lipinski definition) is 4. The maximum atomic E-state index is 13.0. The number of anilines is 2. The van der Waals surface area contributed by atoms with Crippen LogP contribution in [0.2, 0.25) is 10.0 Å². The average Bonchev–Trinajstić information content (AvgIpc) is 2.83. The summed E-state index contributed by atoms with van der Waals surface area (Å²) >= 11 is 12.5. The Labute approximate surface area is 213 Å². The predicted molar refractivity (Wildman–Crippen MR) is 143 cm³/mol. The van der Waals surface area contributed by atoms with E-state index in [1.807, 2.05) is 73.6 Å². The van der Waals surface area contributed by atoms with E-state index in [0.29, 0.717) is 28.8 Å². The molecule has 1 aliphatic rings. The molecule has 5 rings (SSSR count). The van der Waals surface area contributed by atoms with Gasteiger partial charge in [0.25, 0.3) is 0 Å². The van der Waals surface area contributed by atoms with Gasteiger partial charge in [0.15, 0.2) is 0 Å². The van der Waals surface area contributed by atoms with Crippen molar-refractivity contribution in [2.75, 3.05) is 30.9 Å².